The second-order valence-electron chi connectivity index (χ2n) is 6.72. The standard InChI is InChI=1S/C20H19F2N3O5/c1-20(11-4-5-15(21)16(22)6-11)18(27)25(19(28)24-20)10-17(26)23-12-7-13(29-2)9-14(8-12)30-3/h4-9H,10H2,1-3H3,(H,23,26)(H,24,28)/t20-/m1/s1. The molecule has 1 atom stereocenters. The Morgan fingerprint density at radius 2 is 1.70 bits per heavy atom. The SMILES string of the molecule is COc1cc(NC(=O)CN2C(=O)N[C@](C)(c3ccc(F)c(F)c3)C2=O)cc(OC)c1. The van der Waals surface area contributed by atoms with Crippen LogP contribution in [0.2, 0.25) is 0 Å². The summed E-state index contributed by atoms with van der Waals surface area (Å²) in [6.45, 7) is 0.772. The fourth-order valence-corrected chi connectivity index (χ4v) is 3.07. The number of nitrogens with one attached hydrogen (secondary N) is 2. The third-order valence-corrected chi connectivity index (χ3v) is 4.71. The molecule has 0 radical (unpaired) electrons. The maximum Gasteiger partial charge on any atom is 0.325 e. The van der Waals surface area contributed by atoms with Crippen molar-refractivity contribution in [1.29, 1.82) is 0 Å². The molecule has 1 aliphatic rings. The number of anilines is 1. The summed E-state index contributed by atoms with van der Waals surface area (Å²) < 4.78 is 37.1. The Kier molecular flexibility index (Phi) is 5.59. The van der Waals surface area contributed by atoms with Crippen LogP contribution in [0.25, 0.3) is 0 Å². The van der Waals surface area contributed by atoms with Gasteiger partial charge in [0, 0.05) is 23.9 Å². The minimum absolute atomic E-state index is 0.0557. The lowest BCUT2D eigenvalue weighted by Crippen LogP contribution is -2.42. The van der Waals surface area contributed by atoms with E-state index in [0.29, 0.717) is 22.1 Å². The van der Waals surface area contributed by atoms with Gasteiger partial charge in [-0.1, -0.05) is 6.07 Å². The first kappa shape index (κ1) is 21.0. The average molecular weight is 419 g/mol. The smallest absolute Gasteiger partial charge is 0.325 e. The van der Waals surface area contributed by atoms with Gasteiger partial charge in [-0.25, -0.2) is 13.6 Å². The zero-order valence-corrected chi connectivity index (χ0v) is 16.4. The molecule has 2 N–H and O–H groups in total. The van der Waals surface area contributed by atoms with Gasteiger partial charge in [-0.3, -0.25) is 14.5 Å². The van der Waals surface area contributed by atoms with E-state index in [2.05, 4.69) is 10.6 Å². The summed E-state index contributed by atoms with van der Waals surface area (Å²) in [6, 6.07) is 6.75. The Bertz CT molecular complexity index is 1010. The number of amides is 4. The monoisotopic (exact) mass is 419 g/mol. The van der Waals surface area contributed by atoms with Crippen molar-refractivity contribution in [2.75, 3.05) is 26.1 Å². The van der Waals surface area contributed by atoms with E-state index in [1.54, 1.807) is 6.07 Å². The Labute approximate surface area is 170 Å². The summed E-state index contributed by atoms with van der Waals surface area (Å²) in [5.41, 5.74) is -1.24. The predicted octanol–water partition coefficient (Wildman–Crippen LogP) is 2.39. The Hall–Kier alpha value is -3.69. The van der Waals surface area contributed by atoms with Crippen LogP contribution >= 0.6 is 0 Å². The first-order valence-corrected chi connectivity index (χ1v) is 8.80. The molecule has 30 heavy (non-hydrogen) atoms. The quantitative estimate of drug-likeness (QED) is 0.701. The van der Waals surface area contributed by atoms with Gasteiger partial charge < -0.3 is 20.1 Å². The van der Waals surface area contributed by atoms with Crippen molar-refractivity contribution < 1.29 is 32.6 Å². The molecule has 0 spiro atoms. The minimum atomic E-state index is -1.63. The number of carbonyl (C=O) groups is 3. The van der Waals surface area contributed by atoms with Crippen LogP contribution in [0, 0.1) is 11.6 Å². The van der Waals surface area contributed by atoms with Gasteiger partial charge >= 0.3 is 6.03 Å². The molecule has 1 saturated heterocycles. The largest absolute Gasteiger partial charge is 0.497 e. The minimum Gasteiger partial charge on any atom is -0.497 e. The van der Waals surface area contributed by atoms with Gasteiger partial charge in [-0.15, -0.1) is 0 Å². The van der Waals surface area contributed by atoms with Crippen LogP contribution < -0.4 is 20.1 Å². The van der Waals surface area contributed by atoms with E-state index in [0.717, 1.165) is 12.1 Å². The van der Waals surface area contributed by atoms with E-state index in [4.69, 9.17) is 9.47 Å². The van der Waals surface area contributed by atoms with Crippen LogP contribution in [0.1, 0.15) is 12.5 Å². The van der Waals surface area contributed by atoms with Crippen LogP contribution in [0.15, 0.2) is 36.4 Å². The van der Waals surface area contributed by atoms with Crippen molar-refractivity contribution in [2.24, 2.45) is 0 Å². The highest BCUT2D eigenvalue weighted by molar-refractivity contribution is 6.10. The van der Waals surface area contributed by atoms with Gasteiger partial charge in [0.05, 0.1) is 14.2 Å². The van der Waals surface area contributed by atoms with Gasteiger partial charge in [-0.05, 0) is 24.6 Å². The van der Waals surface area contributed by atoms with Crippen molar-refractivity contribution in [3.63, 3.8) is 0 Å². The zero-order valence-electron chi connectivity index (χ0n) is 16.4. The van der Waals surface area contributed by atoms with E-state index < -0.39 is 41.6 Å². The van der Waals surface area contributed by atoms with E-state index in [1.807, 2.05) is 0 Å². The summed E-state index contributed by atoms with van der Waals surface area (Å²) in [4.78, 5) is 38.3. The van der Waals surface area contributed by atoms with E-state index in [1.165, 1.54) is 39.3 Å². The Morgan fingerprint density at radius 3 is 2.27 bits per heavy atom. The lowest BCUT2D eigenvalue weighted by molar-refractivity contribution is -0.133. The highest BCUT2D eigenvalue weighted by atomic mass is 19.2. The summed E-state index contributed by atoms with van der Waals surface area (Å²) in [6.07, 6.45) is 0. The number of hydrogen-bond donors (Lipinski definition) is 2. The molecular formula is C20H19F2N3O5. The molecule has 158 valence electrons. The van der Waals surface area contributed by atoms with E-state index >= 15 is 0 Å². The van der Waals surface area contributed by atoms with Gasteiger partial charge in [-0.2, -0.15) is 0 Å². The maximum absolute atomic E-state index is 13.6. The molecule has 1 fully saturated rings. The van der Waals surface area contributed by atoms with Crippen molar-refractivity contribution >= 4 is 23.5 Å². The number of imide groups is 1. The molecule has 0 aliphatic carbocycles. The van der Waals surface area contributed by atoms with E-state index in [-0.39, 0.29) is 5.56 Å². The molecule has 1 heterocycles. The normalized spacial score (nSPS) is 18.2. The summed E-state index contributed by atoms with van der Waals surface area (Å²) >= 11 is 0. The average Bonchev–Trinajstić information content (AvgIpc) is 2.93. The van der Waals surface area contributed by atoms with Gasteiger partial charge in [0.15, 0.2) is 11.6 Å². The third kappa shape index (κ3) is 3.88. The summed E-state index contributed by atoms with van der Waals surface area (Å²) in [5.74, 6) is -2.78. The second kappa shape index (κ2) is 7.97. The summed E-state index contributed by atoms with van der Waals surface area (Å²) in [7, 11) is 2.90. The van der Waals surface area contributed by atoms with Crippen molar-refractivity contribution in [3.05, 3.63) is 53.6 Å². The number of halogens is 2. The lowest BCUT2D eigenvalue weighted by Gasteiger charge is -2.22. The number of nitrogens with zero attached hydrogens (tertiary/aromatic N) is 1. The number of urea groups is 1. The third-order valence-electron chi connectivity index (χ3n) is 4.71. The van der Waals surface area contributed by atoms with Gasteiger partial charge in [0.1, 0.15) is 23.6 Å². The number of benzene rings is 2. The molecule has 1 aliphatic heterocycles. The van der Waals surface area contributed by atoms with Crippen LogP contribution in [-0.4, -0.2) is 43.5 Å². The van der Waals surface area contributed by atoms with Crippen LogP contribution in [0.4, 0.5) is 19.3 Å². The molecule has 0 unspecified atom stereocenters. The molecule has 2 aromatic rings. The van der Waals surface area contributed by atoms with Gasteiger partial charge in [0.25, 0.3) is 5.91 Å². The van der Waals surface area contributed by atoms with Crippen molar-refractivity contribution in [2.45, 2.75) is 12.5 Å². The zero-order chi connectivity index (χ0) is 22.1. The predicted molar refractivity (Wildman–Crippen MR) is 102 cm³/mol. The highest BCUT2D eigenvalue weighted by Gasteiger charge is 2.49. The first-order valence-electron chi connectivity index (χ1n) is 8.80. The fourth-order valence-electron chi connectivity index (χ4n) is 3.07. The molecule has 4 amide bonds. The molecule has 3 rings (SSSR count). The number of carbonyl (C=O) groups excluding carboxylic acids is 3. The number of hydrogen-bond acceptors (Lipinski definition) is 5. The molecule has 0 saturated carbocycles. The second-order valence-corrected chi connectivity index (χ2v) is 6.72. The molecule has 0 aromatic heterocycles. The van der Waals surface area contributed by atoms with Gasteiger partial charge in [0.2, 0.25) is 5.91 Å². The van der Waals surface area contributed by atoms with Crippen LogP contribution in [0.3, 0.4) is 0 Å². The molecule has 2 aromatic carbocycles. The highest BCUT2D eigenvalue weighted by Crippen LogP contribution is 2.30. The molecule has 0 bridgehead atoms. The Balaban J connectivity index is 1.77. The van der Waals surface area contributed by atoms with Crippen LogP contribution in [-0.2, 0) is 15.1 Å². The first-order chi connectivity index (χ1) is 14.2. The summed E-state index contributed by atoms with van der Waals surface area (Å²) in [5, 5.41) is 4.99. The topological polar surface area (TPSA) is 97.0 Å². The Morgan fingerprint density at radius 1 is 1.07 bits per heavy atom. The number of rotatable bonds is 6. The fraction of sp³-hybridized carbons (Fsp3) is 0.250. The number of ether oxygens (including phenoxy) is 2. The molecular weight excluding hydrogens is 400 g/mol. The van der Waals surface area contributed by atoms with Crippen molar-refractivity contribution in [3.8, 4) is 11.5 Å². The van der Waals surface area contributed by atoms with Crippen molar-refractivity contribution in [1.82, 2.24) is 10.2 Å². The molecule has 10 heteroatoms. The molecule has 8 nitrogen and oxygen atoms in total. The number of methoxy groups -OCH3 is 2. The van der Waals surface area contributed by atoms with Crippen LogP contribution in [0.5, 0.6) is 11.5 Å². The maximum atomic E-state index is 13.6. The lowest BCUT2D eigenvalue weighted by atomic mass is 9.92. The van der Waals surface area contributed by atoms with E-state index in [9.17, 15) is 23.2 Å².